The van der Waals surface area contributed by atoms with Crippen LogP contribution in [0.2, 0.25) is 0 Å². The predicted octanol–water partition coefficient (Wildman–Crippen LogP) is 1.85. The minimum Gasteiger partial charge on any atom is -0.396 e. The van der Waals surface area contributed by atoms with Gasteiger partial charge in [0.25, 0.3) is 5.91 Å². The van der Waals surface area contributed by atoms with Crippen LogP contribution in [0.1, 0.15) is 35.2 Å². The van der Waals surface area contributed by atoms with Crippen LogP contribution in [0.15, 0.2) is 24.3 Å². The molecule has 0 radical (unpaired) electrons. The third kappa shape index (κ3) is 1.83. The van der Waals surface area contributed by atoms with Crippen molar-refractivity contribution in [1.82, 2.24) is 4.90 Å². The van der Waals surface area contributed by atoms with Crippen LogP contribution in [-0.2, 0) is 6.42 Å². The molecule has 0 saturated heterocycles. The number of aliphatic hydroxyl groups is 1. The zero-order valence-corrected chi connectivity index (χ0v) is 10.5. The van der Waals surface area contributed by atoms with Crippen LogP contribution < -0.4 is 0 Å². The van der Waals surface area contributed by atoms with Gasteiger partial charge in [-0.1, -0.05) is 24.6 Å². The number of carbonyl (C=O) groups excluding carboxylic acids is 1. The Kier molecular flexibility index (Phi) is 3.08. The van der Waals surface area contributed by atoms with Gasteiger partial charge in [-0.05, 0) is 30.9 Å². The van der Waals surface area contributed by atoms with E-state index in [0.29, 0.717) is 0 Å². The lowest BCUT2D eigenvalue weighted by molar-refractivity contribution is 0.0568. The summed E-state index contributed by atoms with van der Waals surface area (Å²) in [5, 5.41) is 9.41. The van der Waals surface area contributed by atoms with Crippen LogP contribution in [0, 0.1) is 5.92 Å². The predicted molar refractivity (Wildman–Crippen MR) is 69.4 cm³/mol. The van der Waals surface area contributed by atoms with Crippen LogP contribution >= 0.6 is 0 Å². The van der Waals surface area contributed by atoms with Gasteiger partial charge in [-0.15, -0.1) is 0 Å². The number of hydrogen-bond donors (Lipinski definition) is 1. The first-order valence-electron chi connectivity index (χ1n) is 6.81. The smallest absolute Gasteiger partial charge is 0.254 e. The Bertz CT molecular complexity index is 458. The second-order valence-electron chi connectivity index (χ2n) is 5.35. The lowest BCUT2D eigenvalue weighted by atomic mass is 9.95. The first kappa shape index (κ1) is 11.7. The van der Waals surface area contributed by atoms with Crippen LogP contribution in [0.4, 0.5) is 0 Å². The van der Waals surface area contributed by atoms with Gasteiger partial charge in [-0.25, -0.2) is 0 Å². The molecular formula is C15H19NO2. The van der Waals surface area contributed by atoms with Gasteiger partial charge in [0.05, 0.1) is 0 Å². The van der Waals surface area contributed by atoms with E-state index >= 15 is 0 Å². The maximum Gasteiger partial charge on any atom is 0.254 e. The molecule has 3 rings (SSSR count). The molecule has 0 aromatic heterocycles. The molecule has 2 unspecified atom stereocenters. The van der Waals surface area contributed by atoms with Crippen LogP contribution in [0.5, 0.6) is 0 Å². The van der Waals surface area contributed by atoms with Gasteiger partial charge >= 0.3 is 0 Å². The van der Waals surface area contributed by atoms with Gasteiger partial charge < -0.3 is 10.0 Å². The molecule has 2 aliphatic rings. The minimum atomic E-state index is 0.155. The Morgan fingerprint density at radius 2 is 2.11 bits per heavy atom. The Hall–Kier alpha value is -1.35. The Labute approximate surface area is 107 Å². The zero-order chi connectivity index (χ0) is 12.5. The molecule has 1 aromatic rings. The van der Waals surface area contributed by atoms with Crippen molar-refractivity contribution in [2.24, 2.45) is 5.92 Å². The van der Waals surface area contributed by atoms with Crippen LogP contribution in [0.3, 0.4) is 0 Å². The van der Waals surface area contributed by atoms with E-state index in [4.69, 9.17) is 0 Å². The quantitative estimate of drug-likeness (QED) is 0.863. The van der Waals surface area contributed by atoms with Crippen molar-refractivity contribution in [3.05, 3.63) is 35.4 Å². The topological polar surface area (TPSA) is 40.5 Å². The minimum absolute atomic E-state index is 0.155. The van der Waals surface area contributed by atoms with Gasteiger partial charge in [0, 0.05) is 30.7 Å². The normalized spacial score (nSPS) is 27.4. The fraction of sp³-hybridized carbons (Fsp3) is 0.533. The summed E-state index contributed by atoms with van der Waals surface area (Å²) in [6.45, 7) is 1.01. The lowest BCUT2D eigenvalue weighted by Crippen LogP contribution is -2.46. The third-order valence-electron chi connectivity index (χ3n) is 4.38. The molecule has 1 aliphatic heterocycles. The summed E-state index contributed by atoms with van der Waals surface area (Å²) in [5.74, 6) is 0.432. The van der Waals surface area contributed by atoms with Gasteiger partial charge in [0.1, 0.15) is 0 Å². The SMILES string of the molecule is O=C1c2ccccc2CCN1C1CCCC1CO. The summed E-state index contributed by atoms with van der Waals surface area (Å²) < 4.78 is 0. The molecule has 3 nitrogen and oxygen atoms in total. The molecule has 1 aromatic carbocycles. The lowest BCUT2D eigenvalue weighted by Gasteiger charge is -2.36. The molecule has 1 heterocycles. The standard InChI is InChI=1S/C15H19NO2/c17-10-12-5-3-7-14(12)16-9-8-11-4-1-2-6-13(11)15(16)18/h1-2,4,6,12,14,17H,3,5,7-10H2. The number of hydrogen-bond acceptors (Lipinski definition) is 2. The van der Waals surface area contributed by atoms with E-state index in [1.165, 1.54) is 0 Å². The summed E-state index contributed by atoms with van der Waals surface area (Å²) in [5.41, 5.74) is 2.02. The Morgan fingerprint density at radius 3 is 2.94 bits per heavy atom. The van der Waals surface area contributed by atoms with E-state index in [2.05, 4.69) is 0 Å². The van der Waals surface area contributed by atoms with Crippen molar-refractivity contribution in [1.29, 1.82) is 0 Å². The molecule has 1 aliphatic carbocycles. The molecular weight excluding hydrogens is 226 g/mol. The summed E-state index contributed by atoms with van der Waals surface area (Å²) in [4.78, 5) is 14.5. The Balaban J connectivity index is 1.86. The van der Waals surface area contributed by atoms with E-state index in [-0.39, 0.29) is 24.5 Å². The van der Waals surface area contributed by atoms with E-state index in [1.54, 1.807) is 0 Å². The first-order valence-corrected chi connectivity index (χ1v) is 6.81. The fourth-order valence-corrected chi connectivity index (χ4v) is 3.40. The van der Waals surface area contributed by atoms with Crippen molar-refractivity contribution in [3.8, 4) is 0 Å². The van der Waals surface area contributed by atoms with Gasteiger partial charge in [0.15, 0.2) is 0 Å². The fourth-order valence-electron chi connectivity index (χ4n) is 3.40. The number of benzene rings is 1. The molecule has 0 bridgehead atoms. The maximum atomic E-state index is 12.5. The number of rotatable bonds is 2. The van der Waals surface area contributed by atoms with E-state index < -0.39 is 0 Å². The summed E-state index contributed by atoms with van der Waals surface area (Å²) >= 11 is 0. The van der Waals surface area contributed by atoms with Crippen molar-refractivity contribution in [2.75, 3.05) is 13.2 Å². The molecule has 0 spiro atoms. The molecule has 1 fully saturated rings. The second kappa shape index (κ2) is 4.73. The first-order chi connectivity index (χ1) is 8.81. The van der Waals surface area contributed by atoms with E-state index in [1.807, 2.05) is 29.2 Å². The number of amides is 1. The maximum absolute atomic E-state index is 12.5. The highest BCUT2D eigenvalue weighted by molar-refractivity contribution is 5.97. The number of aliphatic hydroxyl groups excluding tert-OH is 1. The number of fused-ring (bicyclic) bond motifs is 1. The molecule has 2 atom stereocenters. The molecule has 1 N–H and O–H groups in total. The van der Waals surface area contributed by atoms with Crippen molar-refractivity contribution >= 4 is 5.91 Å². The van der Waals surface area contributed by atoms with E-state index in [0.717, 1.165) is 43.4 Å². The summed E-state index contributed by atoms with van der Waals surface area (Å²) in [6, 6.07) is 8.14. The third-order valence-corrected chi connectivity index (χ3v) is 4.38. The highest BCUT2D eigenvalue weighted by Crippen LogP contribution is 2.32. The number of carbonyl (C=O) groups is 1. The summed E-state index contributed by atoms with van der Waals surface area (Å²) in [7, 11) is 0. The second-order valence-corrected chi connectivity index (χ2v) is 5.35. The average Bonchev–Trinajstić information content (AvgIpc) is 2.88. The largest absolute Gasteiger partial charge is 0.396 e. The molecule has 3 heteroatoms. The highest BCUT2D eigenvalue weighted by Gasteiger charge is 2.36. The highest BCUT2D eigenvalue weighted by atomic mass is 16.3. The average molecular weight is 245 g/mol. The molecule has 1 saturated carbocycles. The molecule has 18 heavy (non-hydrogen) atoms. The van der Waals surface area contributed by atoms with Crippen LogP contribution in [0.25, 0.3) is 0 Å². The van der Waals surface area contributed by atoms with Crippen molar-refractivity contribution in [2.45, 2.75) is 31.7 Å². The Morgan fingerprint density at radius 1 is 1.28 bits per heavy atom. The van der Waals surface area contributed by atoms with Crippen molar-refractivity contribution < 1.29 is 9.90 Å². The van der Waals surface area contributed by atoms with Crippen LogP contribution in [-0.4, -0.2) is 35.1 Å². The molecule has 96 valence electrons. The number of nitrogens with zero attached hydrogens (tertiary/aromatic N) is 1. The zero-order valence-electron chi connectivity index (χ0n) is 10.5. The summed E-state index contributed by atoms with van der Waals surface area (Å²) in [6.07, 6.45) is 4.16. The van der Waals surface area contributed by atoms with E-state index in [9.17, 15) is 9.90 Å². The van der Waals surface area contributed by atoms with Gasteiger partial charge in [0.2, 0.25) is 0 Å². The van der Waals surface area contributed by atoms with Gasteiger partial charge in [-0.3, -0.25) is 4.79 Å². The van der Waals surface area contributed by atoms with Crippen molar-refractivity contribution in [3.63, 3.8) is 0 Å². The monoisotopic (exact) mass is 245 g/mol. The molecule has 1 amide bonds. The van der Waals surface area contributed by atoms with Gasteiger partial charge in [-0.2, -0.15) is 0 Å².